The third-order valence-electron chi connectivity index (χ3n) is 2.75. The average molecular weight is 253 g/mol. The van der Waals surface area contributed by atoms with Gasteiger partial charge < -0.3 is 9.84 Å². The molecule has 98 valence electrons. The Morgan fingerprint density at radius 3 is 2.56 bits per heavy atom. The molecule has 6 nitrogen and oxygen atoms in total. The van der Waals surface area contributed by atoms with Crippen molar-refractivity contribution < 1.29 is 19.6 Å². The van der Waals surface area contributed by atoms with E-state index in [0.717, 1.165) is 12.0 Å². The van der Waals surface area contributed by atoms with Crippen molar-refractivity contribution >= 4 is 11.7 Å². The Morgan fingerprint density at radius 1 is 1.56 bits per heavy atom. The van der Waals surface area contributed by atoms with Crippen LogP contribution in [0.3, 0.4) is 0 Å². The van der Waals surface area contributed by atoms with Gasteiger partial charge >= 0.3 is 11.7 Å². The Bertz CT molecular complexity index is 496. The molecule has 0 radical (unpaired) electrons. The van der Waals surface area contributed by atoms with Crippen molar-refractivity contribution in [2.75, 3.05) is 7.11 Å². The number of hydrogen-bond acceptors (Lipinski definition) is 4. The molecule has 0 aliphatic carbocycles. The first kappa shape index (κ1) is 14.0. The van der Waals surface area contributed by atoms with Crippen LogP contribution in [0.4, 0.5) is 5.69 Å². The Hall–Kier alpha value is -2.11. The molecule has 1 N–H and O–H groups in total. The third-order valence-corrected chi connectivity index (χ3v) is 2.75. The lowest BCUT2D eigenvalue weighted by molar-refractivity contribution is -0.386. The van der Waals surface area contributed by atoms with E-state index in [2.05, 4.69) is 0 Å². The number of benzene rings is 1. The van der Waals surface area contributed by atoms with Crippen molar-refractivity contribution in [1.82, 2.24) is 0 Å². The first-order valence-electron chi connectivity index (χ1n) is 5.52. The second-order valence-electron chi connectivity index (χ2n) is 3.90. The molecule has 0 fully saturated rings. The SMILES string of the molecule is CCCc1cc(C(=O)O)c([N+](=O)[O-])c(OC)c1C. The molecule has 0 bridgehead atoms. The second-order valence-corrected chi connectivity index (χ2v) is 3.90. The zero-order valence-electron chi connectivity index (χ0n) is 10.5. The van der Waals surface area contributed by atoms with Gasteiger partial charge in [-0.15, -0.1) is 0 Å². The number of carbonyl (C=O) groups is 1. The summed E-state index contributed by atoms with van der Waals surface area (Å²) < 4.78 is 5.01. The number of ether oxygens (including phenoxy) is 1. The van der Waals surface area contributed by atoms with Crippen LogP contribution < -0.4 is 4.74 Å². The second kappa shape index (κ2) is 5.48. The molecule has 0 heterocycles. The van der Waals surface area contributed by atoms with E-state index in [9.17, 15) is 14.9 Å². The average Bonchev–Trinajstić information content (AvgIpc) is 2.30. The minimum absolute atomic E-state index is 0.0309. The van der Waals surface area contributed by atoms with Crippen LogP contribution in [0.5, 0.6) is 5.75 Å². The summed E-state index contributed by atoms with van der Waals surface area (Å²) in [6.45, 7) is 3.65. The summed E-state index contributed by atoms with van der Waals surface area (Å²) in [7, 11) is 1.30. The topological polar surface area (TPSA) is 89.7 Å². The molecule has 1 aromatic rings. The van der Waals surface area contributed by atoms with Crippen molar-refractivity contribution in [2.24, 2.45) is 0 Å². The number of carboxylic acid groups (broad SMARTS) is 1. The highest BCUT2D eigenvalue weighted by Crippen LogP contribution is 2.36. The number of methoxy groups -OCH3 is 1. The molecule has 0 atom stereocenters. The van der Waals surface area contributed by atoms with Crippen LogP contribution in [0.15, 0.2) is 6.07 Å². The fraction of sp³-hybridized carbons (Fsp3) is 0.417. The van der Waals surface area contributed by atoms with Crippen LogP contribution in [0.1, 0.15) is 34.8 Å². The molecule has 18 heavy (non-hydrogen) atoms. The van der Waals surface area contributed by atoms with Gasteiger partial charge in [-0.3, -0.25) is 10.1 Å². The number of hydrogen-bond donors (Lipinski definition) is 1. The predicted molar refractivity (Wildman–Crippen MR) is 65.3 cm³/mol. The van der Waals surface area contributed by atoms with Gasteiger partial charge in [0.25, 0.3) is 0 Å². The minimum Gasteiger partial charge on any atom is -0.490 e. The van der Waals surface area contributed by atoms with Crippen molar-refractivity contribution in [3.05, 3.63) is 32.9 Å². The number of nitro benzene ring substituents is 1. The van der Waals surface area contributed by atoms with Crippen LogP contribution in [0.25, 0.3) is 0 Å². The number of nitrogens with zero attached hydrogens (tertiary/aromatic N) is 1. The lowest BCUT2D eigenvalue weighted by Crippen LogP contribution is -2.08. The number of rotatable bonds is 5. The standard InChI is InChI=1S/C12H15NO5/c1-4-5-8-6-9(12(14)15)10(13(16)17)11(18-3)7(8)2/h6H,4-5H2,1-3H3,(H,14,15). The van der Waals surface area contributed by atoms with E-state index in [1.807, 2.05) is 6.92 Å². The van der Waals surface area contributed by atoms with Gasteiger partial charge in [0.05, 0.1) is 12.0 Å². The van der Waals surface area contributed by atoms with E-state index in [4.69, 9.17) is 9.84 Å². The summed E-state index contributed by atoms with van der Waals surface area (Å²) in [5, 5.41) is 20.0. The van der Waals surface area contributed by atoms with E-state index in [0.29, 0.717) is 12.0 Å². The molecule has 6 heteroatoms. The highest BCUT2D eigenvalue weighted by atomic mass is 16.6. The molecule has 0 aromatic heterocycles. The molecule has 0 aliphatic rings. The number of nitro groups is 1. The maximum Gasteiger partial charge on any atom is 0.342 e. The summed E-state index contributed by atoms with van der Waals surface area (Å²) >= 11 is 0. The highest BCUT2D eigenvalue weighted by Gasteiger charge is 2.28. The van der Waals surface area contributed by atoms with Crippen molar-refractivity contribution in [1.29, 1.82) is 0 Å². The molecule has 1 aromatic carbocycles. The minimum atomic E-state index is -1.32. The van der Waals surface area contributed by atoms with Gasteiger partial charge in [-0.2, -0.15) is 0 Å². The fourth-order valence-electron chi connectivity index (χ4n) is 1.92. The quantitative estimate of drug-likeness (QED) is 0.643. The summed E-state index contributed by atoms with van der Waals surface area (Å²) in [6, 6.07) is 1.36. The molecular formula is C12H15NO5. The summed E-state index contributed by atoms with van der Waals surface area (Å²) in [5.74, 6) is -1.29. The van der Waals surface area contributed by atoms with Crippen LogP contribution in [0, 0.1) is 17.0 Å². The normalized spacial score (nSPS) is 10.2. The maximum absolute atomic E-state index is 11.1. The maximum atomic E-state index is 11.1. The van der Waals surface area contributed by atoms with Gasteiger partial charge in [-0.25, -0.2) is 4.79 Å². The molecular weight excluding hydrogens is 238 g/mol. The van der Waals surface area contributed by atoms with E-state index < -0.39 is 16.6 Å². The van der Waals surface area contributed by atoms with Gasteiger partial charge in [0, 0.05) is 5.56 Å². The third kappa shape index (κ3) is 2.42. The molecule has 0 unspecified atom stereocenters. The number of aromatic carboxylic acids is 1. The van der Waals surface area contributed by atoms with Gasteiger partial charge in [-0.1, -0.05) is 13.3 Å². The smallest absolute Gasteiger partial charge is 0.342 e. The van der Waals surface area contributed by atoms with Crippen molar-refractivity contribution in [3.8, 4) is 5.75 Å². The van der Waals surface area contributed by atoms with Crippen LogP contribution in [0.2, 0.25) is 0 Å². The van der Waals surface area contributed by atoms with E-state index in [1.165, 1.54) is 13.2 Å². The van der Waals surface area contributed by atoms with E-state index >= 15 is 0 Å². The summed E-state index contributed by atoms with van der Waals surface area (Å²) in [5.41, 5.74) is 0.571. The Kier molecular flexibility index (Phi) is 4.25. The molecule has 0 saturated carbocycles. The first-order valence-corrected chi connectivity index (χ1v) is 5.52. The zero-order valence-corrected chi connectivity index (χ0v) is 10.5. The first-order chi connectivity index (χ1) is 8.43. The van der Waals surface area contributed by atoms with Crippen molar-refractivity contribution in [2.45, 2.75) is 26.7 Å². The summed E-state index contributed by atoms with van der Waals surface area (Å²) in [4.78, 5) is 21.4. The molecule has 1 rings (SSSR count). The number of carboxylic acids is 1. The van der Waals surface area contributed by atoms with Gasteiger partial charge in [0.2, 0.25) is 5.75 Å². The Labute approximate surface area is 104 Å². The summed E-state index contributed by atoms with van der Waals surface area (Å²) in [6.07, 6.45) is 1.47. The highest BCUT2D eigenvalue weighted by molar-refractivity contribution is 5.94. The number of aryl methyl sites for hydroxylation is 1. The lowest BCUT2D eigenvalue weighted by atomic mass is 9.98. The monoisotopic (exact) mass is 253 g/mol. The lowest BCUT2D eigenvalue weighted by Gasteiger charge is -2.12. The van der Waals surface area contributed by atoms with Crippen LogP contribution in [-0.2, 0) is 6.42 Å². The predicted octanol–water partition coefficient (Wildman–Crippen LogP) is 2.56. The van der Waals surface area contributed by atoms with Crippen molar-refractivity contribution in [3.63, 3.8) is 0 Å². The zero-order chi connectivity index (χ0) is 13.9. The van der Waals surface area contributed by atoms with Gasteiger partial charge in [0.1, 0.15) is 5.56 Å². The van der Waals surface area contributed by atoms with E-state index in [1.54, 1.807) is 6.92 Å². The van der Waals surface area contributed by atoms with Crippen LogP contribution in [-0.4, -0.2) is 23.1 Å². The Morgan fingerprint density at radius 2 is 2.17 bits per heavy atom. The van der Waals surface area contributed by atoms with Crippen LogP contribution >= 0.6 is 0 Å². The Balaban J connectivity index is 3.63. The largest absolute Gasteiger partial charge is 0.490 e. The van der Waals surface area contributed by atoms with E-state index in [-0.39, 0.29) is 11.3 Å². The molecule has 0 aliphatic heterocycles. The van der Waals surface area contributed by atoms with Gasteiger partial charge in [-0.05, 0) is 25.0 Å². The molecule has 0 saturated heterocycles. The molecule has 0 amide bonds. The van der Waals surface area contributed by atoms with Gasteiger partial charge in [0.15, 0.2) is 0 Å². The fourth-order valence-corrected chi connectivity index (χ4v) is 1.92. The molecule has 0 spiro atoms.